The number of carbonyl (C=O) groups excluding carboxylic acids is 3. The Morgan fingerprint density at radius 1 is 0.815 bits per heavy atom. The molecule has 0 saturated heterocycles. The van der Waals surface area contributed by atoms with E-state index in [-0.39, 0.29) is 37.0 Å². The van der Waals surface area contributed by atoms with Crippen molar-refractivity contribution in [3.63, 3.8) is 0 Å². The number of aryl methyl sites for hydroxylation is 3. The van der Waals surface area contributed by atoms with E-state index in [0.29, 0.717) is 5.56 Å². The Morgan fingerprint density at radius 2 is 1.56 bits per heavy atom. The van der Waals surface area contributed by atoms with Crippen molar-refractivity contribution >= 4 is 23.3 Å². The van der Waals surface area contributed by atoms with Crippen LogP contribution in [0.1, 0.15) is 45.5 Å². The highest BCUT2D eigenvalue weighted by molar-refractivity contribution is 5.99. The van der Waals surface area contributed by atoms with Gasteiger partial charge < -0.3 is 10.6 Å². The van der Waals surface area contributed by atoms with Crippen LogP contribution in [0.2, 0.25) is 0 Å². The van der Waals surface area contributed by atoms with Crippen LogP contribution in [0.25, 0.3) is 0 Å². The first-order valence-corrected chi connectivity index (χ1v) is 9.01. The van der Waals surface area contributed by atoms with Gasteiger partial charge in [-0.1, -0.05) is 24.3 Å². The third kappa shape index (κ3) is 5.78. The van der Waals surface area contributed by atoms with Crippen LogP contribution < -0.4 is 10.6 Å². The zero-order valence-electron chi connectivity index (χ0n) is 16.3. The number of rotatable bonds is 7. The number of hydrogen-bond acceptors (Lipinski definition) is 3. The zero-order chi connectivity index (χ0) is 20.0. The predicted molar refractivity (Wildman–Crippen MR) is 107 cm³/mol. The number of carbonyl (C=O) groups is 3. The van der Waals surface area contributed by atoms with Crippen LogP contribution in [-0.2, 0) is 9.59 Å². The highest BCUT2D eigenvalue weighted by atomic mass is 16.2. The monoisotopic (exact) mass is 366 g/mol. The zero-order valence-corrected chi connectivity index (χ0v) is 16.3. The van der Waals surface area contributed by atoms with E-state index in [0.717, 1.165) is 27.9 Å². The van der Waals surface area contributed by atoms with E-state index >= 15 is 0 Å². The summed E-state index contributed by atoms with van der Waals surface area (Å²) in [7, 11) is 0. The molecule has 0 saturated carbocycles. The van der Waals surface area contributed by atoms with E-state index in [2.05, 4.69) is 10.6 Å². The summed E-state index contributed by atoms with van der Waals surface area (Å²) in [5.41, 5.74) is 5.60. The fourth-order valence-electron chi connectivity index (χ4n) is 2.63. The van der Waals surface area contributed by atoms with Gasteiger partial charge in [-0.15, -0.1) is 0 Å². The number of amides is 2. The third-order valence-corrected chi connectivity index (χ3v) is 4.73. The summed E-state index contributed by atoms with van der Waals surface area (Å²) in [5, 5.41) is 5.35. The molecular formula is C22H26N2O3. The molecule has 0 radical (unpaired) electrons. The smallest absolute Gasteiger partial charge is 0.243 e. The lowest BCUT2D eigenvalue weighted by Crippen LogP contribution is -2.33. The molecule has 0 aliphatic rings. The van der Waals surface area contributed by atoms with Gasteiger partial charge in [-0.3, -0.25) is 14.4 Å². The first-order chi connectivity index (χ1) is 12.8. The molecular weight excluding hydrogens is 340 g/mol. The van der Waals surface area contributed by atoms with Crippen molar-refractivity contribution in [3.8, 4) is 0 Å². The van der Waals surface area contributed by atoms with Gasteiger partial charge in [-0.2, -0.15) is 0 Å². The van der Waals surface area contributed by atoms with Crippen LogP contribution in [0.5, 0.6) is 0 Å². The van der Waals surface area contributed by atoms with Crippen LogP contribution in [0.4, 0.5) is 5.69 Å². The van der Waals surface area contributed by atoms with Crippen molar-refractivity contribution in [2.75, 3.05) is 11.9 Å². The van der Waals surface area contributed by atoms with Gasteiger partial charge in [0.15, 0.2) is 5.78 Å². The molecule has 2 rings (SSSR count). The van der Waals surface area contributed by atoms with Crippen molar-refractivity contribution in [1.82, 2.24) is 5.32 Å². The van der Waals surface area contributed by atoms with Gasteiger partial charge in [-0.25, -0.2) is 0 Å². The normalized spacial score (nSPS) is 10.4. The van der Waals surface area contributed by atoms with Crippen molar-refractivity contribution in [3.05, 3.63) is 64.2 Å². The van der Waals surface area contributed by atoms with Crippen molar-refractivity contribution in [2.45, 2.75) is 40.5 Å². The molecule has 2 N–H and O–H groups in total. The Hall–Kier alpha value is -2.95. The SMILES string of the molecule is Cc1ccc(C(=O)CCC(=O)NCC(=O)Nc2cccc(C)c2C)cc1C. The molecule has 0 fully saturated rings. The lowest BCUT2D eigenvalue weighted by Gasteiger charge is -2.11. The minimum absolute atomic E-state index is 0.0580. The summed E-state index contributed by atoms with van der Waals surface area (Å²) >= 11 is 0. The number of benzene rings is 2. The standard InChI is InChI=1S/C22H26N2O3/c1-14-8-9-18(12-16(14)3)20(25)10-11-21(26)23-13-22(27)24-19-7-5-6-15(2)17(19)4/h5-9,12H,10-11,13H2,1-4H3,(H,23,26)(H,24,27). The molecule has 0 atom stereocenters. The molecule has 0 heterocycles. The van der Waals surface area contributed by atoms with Crippen molar-refractivity contribution in [1.29, 1.82) is 0 Å². The number of hydrogen-bond donors (Lipinski definition) is 2. The highest BCUT2D eigenvalue weighted by Crippen LogP contribution is 2.17. The van der Waals surface area contributed by atoms with E-state index in [1.807, 2.05) is 58.0 Å². The number of anilines is 1. The fraction of sp³-hybridized carbons (Fsp3) is 0.318. The van der Waals surface area contributed by atoms with Crippen LogP contribution in [0, 0.1) is 27.7 Å². The quantitative estimate of drug-likeness (QED) is 0.735. The predicted octanol–water partition coefficient (Wildman–Crippen LogP) is 3.64. The first-order valence-electron chi connectivity index (χ1n) is 9.01. The largest absolute Gasteiger partial charge is 0.347 e. The van der Waals surface area contributed by atoms with E-state index < -0.39 is 0 Å². The summed E-state index contributed by atoms with van der Waals surface area (Å²) in [6.45, 7) is 7.72. The van der Waals surface area contributed by atoms with E-state index in [1.54, 1.807) is 6.07 Å². The molecule has 0 aliphatic heterocycles. The number of nitrogens with one attached hydrogen (secondary N) is 2. The summed E-state index contributed by atoms with van der Waals surface area (Å²) in [4.78, 5) is 36.2. The Labute approximate surface area is 160 Å². The summed E-state index contributed by atoms with van der Waals surface area (Å²) in [5.74, 6) is -0.686. The molecule has 0 aromatic heterocycles. The Balaban J connectivity index is 1.78. The van der Waals surface area contributed by atoms with Gasteiger partial charge in [0.25, 0.3) is 0 Å². The maximum atomic E-state index is 12.2. The maximum absolute atomic E-state index is 12.2. The molecule has 2 aromatic rings. The van der Waals surface area contributed by atoms with Crippen LogP contribution >= 0.6 is 0 Å². The van der Waals surface area contributed by atoms with Gasteiger partial charge >= 0.3 is 0 Å². The molecule has 0 spiro atoms. The van der Waals surface area contributed by atoms with Gasteiger partial charge in [0.05, 0.1) is 6.54 Å². The Kier molecular flexibility index (Phi) is 6.88. The first kappa shape index (κ1) is 20.4. The van der Waals surface area contributed by atoms with E-state index in [4.69, 9.17) is 0 Å². The second-order valence-corrected chi connectivity index (χ2v) is 6.79. The molecule has 0 unspecified atom stereocenters. The molecule has 2 aromatic carbocycles. The van der Waals surface area contributed by atoms with Gasteiger partial charge in [-0.05, 0) is 62.1 Å². The minimum atomic E-state index is -0.316. The van der Waals surface area contributed by atoms with Crippen molar-refractivity contribution in [2.24, 2.45) is 0 Å². The second-order valence-electron chi connectivity index (χ2n) is 6.79. The van der Waals surface area contributed by atoms with E-state index in [9.17, 15) is 14.4 Å². The molecule has 5 heteroatoms. The van der Waals surface area contributed by atoms with Gasteiger partial charge in [0, 0.05) is 24.1 Å². The third-order valence-electron chi connectivity index (χ3n) is 4.73. The summed E-state index contributed by atoms with van der Waals surface area (Å²) in [6.07, 6.45) is 0.176. The fourth-order valence-corrected chi connectivity index (χ4v) is 2.63. The molecule has 2 amide bonds. The molecule has 0 aliphatic carbocycles. The van der Waals surface area contributed by atoms with Crippen LogP contribution in [-0.4, -0.2) is 24.1 Å². The topological polar surface area (TPSA) is 75.3 Å². The van der Waals surface area contributed by atoms with Crippen molar-refractivity contribution < 1.29 is 14.4 Å². The van der Waals surface area contributed by atoms with Crippen LogP contribution in [0.15, 0.2) is 36.4 Å². The molecule has 0 bridgehead atoms. The number of Topliss-reactive ketones (excluding diaryl/α,β-unsaturated/α-hetero) is 1. The molecule has 5 nitrogen and oxygen atoms in total. The maximum Gasteiger partial charge on any atom is 0.243 e. The summed E-state index contributed by atoms with van der Waals surface area (Å²) in [6, 6.07) is 11.2. The minimum Gasteiger partial charge on any atom is -0.347 e. The Bertz CT molecular complexity index is 872. The summed E-state index contributed by atoms with van der Waals surface area (Å²) < 4.78 is 0. The molecule has 142 valence electrons. The lowest BCUT2D eigenvalue weighted by molar-refractivity contribution is -0.124. The highest BCUT2D eigenvalue weighted by Gasteiger charge is 2.12. The average Bonchev–Trinajstić information content (AvgIpc) is 2.64. The number of ketones is 1. The van der Waals surface area contributed by atoms with E-state index in [1.165, 1.54) is 0 Å². The van der Waals surface area contributed by atoms with Gasteiger partial charge in [0.2, 0.25) is 11.8 Å². The molecule has 27 heavy (non-hydrogen) atoms. The van der Waals surface area contributed by atoms with Crippen LogP contribution in [0.3, 0.4) is 0 Å². The second kappa shape index (κ2) is 9.12. The Morgan fingerprint density at radius 3 is 2.26 bits per heavy atom. The average molecular weight is 366 g/mol. The van der Waals surface area contributed by atoms with Gasteiger partial charge in [0.1, 0.15) is 0 Å². The lowest BCUT2D eigenvalue weighted by atomic mass is 10.0.